The standard InChI is InChI=1S/C24H20N4S/c1-3-9-18(10-4-1)15-16-29-24-25-23-22(26-27-24)20-13-7-8-14-21(20)28(23)17-19-11-5-2-6-12-19/h1-14H,15-17H2. The third-order valence-corrected chi connectivity index (χ3v) is 5.84. The molecular weight excluding hydrogens is 376 g/mol. The number of benzene rings is 3. The average molecular weight is 397 g/mol. The van der Waals surface area contributed by atoms with Crippen LogP contribution in [0.5, 0.6) is 0 Å². The average Bonchev–Trinajstić information content (AvgIpc) is 3.08. The highest BCUT2D eigenvalue weighted by molar-refractivity contribution is 7.99. The first-order chi connectivity index (χ1) is 14.4. The number of nitrogens with zero attached hydrogens (tertiary/aromatic N) is 4. The fourth-order valence-electron chi connectivity index (χ4n) is 3.58. The third-order valence-electron chi connectivity index (χ3n) is 5.00. The van der Waals surface area contributed by atoms with Crippen LogP contribution in [0.15, 0.2) is 90.1 Å². The number of fused-ring (bicyclic) bond motifs is 3. The number of rotatable bonds is 6. The summed E-state index contributed by atoms with van der Waals surface area (Å²) < 4.78 is 2.25. The summed E-state index contributed by atoms with van der Waals surface area (Å²) in [5, 5.41) is 10.8. The number of aryl methyl sites for hydroxylation is 1. The van der Waals surface area contributed by atoms with Crippen molar-refractivity contribution in [2.75, 3.05) is 5.75 Å². The number of para-hydroxylation sites is 1. The molecule has 0 aliphatic rings. The van der Waals surface area contributed by atoms with Gasteiger partial charge >= 0.3 is 0 Å². The van der Waals surface area contributed by atoms with Crippen molar-refractivity contribution in [2.24, 2.45) is 0 Å². The first-order valence-corrected chi connectivity index (χ1v) is 10.7. The smallest absolute Gasteiger partial charge is 0.211 e. The Hall–Kier alpha value is -3.18. The highest BCUT2D eigenvalue weighted by atomic mass is 32.2. The fourth-order valence-corrected chi connectivity index (χ4v) is 4.35. The molecule has 0 atom stereocenters. The van der Waals surface area contributed by atoms with Gasteiger partial charge in [0, 0.05) is 17.7 Å². The molecule has 0 fully saturated rings. The van der Waals surface area contributed by atoms with E-state index in [1.165, 1.54) is 11.1 Å². The van der Waals surface area contributed by atoms with Gasteiger partial charge in [0.1, 0.15) is 5.52 Å². The van der Waals surface area contributed by atoms with E-state index in [0.29, 0.717) is 0 Å². The molecule has 5 aromatic rings. The van der Waals surface area contributed by atoms with Crippen LogP contribution in [0.4, 0.5) is 0 Å². The molecule has 2 heterocycles. The molecule has 142 valence electrons. The molecule has 29 heavy (non-hydrogen) atoms. The summed E-state index contributed by atoms with van der Waals surface area (Å²) >= 11 is 1.66. The molecule has 4 nitrogen and oxygen atoms in total. The van der Waals surface area contributed by atoms with Crippen molar-refractivity contribution in [3.05, 3.63) is 96.1 Å². The Morgan fingerprint density at radius 2 is 1.41 bits per heavy atom. The van der Waals surface area contributed by atoms with Crippen LogP contribution in [0, 0.1) is 0 Å². The number of hydrogen-bond donors (Lipinski definition) is 0. The lowest BCUT2D eigenvalue weighted by Crippen LogP contribution is -2.02. The van der Waals surface area contributed by atoms with Crippen LogP contribution < -0.4 is 0 Å². The quantitative estimate of drug-likeness (QED) is 0.362. The molecule has 5 rings (SSSR count). The molecule has 0 aliphatic heterocycles. The van der Waals surface area contributed by atoms with E-state index < -0.39 is 0 Å². The van der Waals surface area contributed by atoms with E-state index >= 15 is 0 Å². The molecule has 0 saturated heterocycles. The van der Waals surface area contributed by atoms with E-state index in [-0.39, 0.29) is 0 Å². The Labute approximate surface area is 173 Å². The first kappa shape index (κ1) is 17.9. The Balaban J connectivity index is 1.48. The van der Waals surface area contributed by atoms with Crippen LogP contribution in [0.2, 0.25) is 0 Å². The SMILES string of the molecule is c1ccc(CCSc2nnc3c4ccccc4n(Cc4ccccc4)c3n2)cc1. The van der Waals surface area contributed by atoms with Gasteiger partial charge in [0.05, 0.1) is 5.52 Å². The Morgan fingerprint density at radius 1 is 0.724 bits per heavy atom. The Bertz CT molecular complexity index is 1250. The lowest BCUT2D eigenvalue weighted by molar-refractivity contribution is 0.814. The largest absolute Gasteiger partial charge is 0.319 e. The summed E-state index contributed by atoms with van der Waals surface area (Å²) in [6, 6.07) is 29.3. The van der Waals surface area contributed by atoms with E-state index in [2.05, 4.69) is 81.5 Å². The summed E-state index contributed by atoms with van der Waals surface area (Å²) in [4.78, 5) is 4.89. The molecule has 0 aliphatic carbocycles. The molecule has 0 amide bonds. The maximum atomic E-state index is 4.89. The number of thioether (sulfide) groups is 1. The molecule has 5 heteroatoms. The van der Waals surface area contributed by atoms with E-state index in [0.717, 1.165) is 45.9 Å². The predicted octanol–water partition coefficient (Wildman–Crippen LogP) is 5.36. The van der Waals surface area contributed by atoms with Gasteiger partial charge in [-0.05, 0) is 23.6 Å². The van der Waals surface area contributed by atoms with E-state index in [1.54, 1.807) is 11.8 Å². The second-order valence-corrected chi connectivity index (χ2v) is 8.00. The predicted molar refractivity (Wildman–Crippen MR) is 119 cm³/mol. The maximum absolute atomic E-state index is 4.89. The van der Waals surface area contributed by atoms with E-state index in [4.69, 9.17) is 4.98 Å². The van der Waals surface area contributed by atoms with Gasteiger partial charge in [-0.2, -0.15) is 0 Å². The van der Waals surface area contributed by atoms with Crippen molar-refractivity contribution in [2.45, 2.75) is 18.1 Å². The lowest BCUT2D eigenvalue weighted by Gasteiger charge is -2.07. The van der Waals surface area contributed by atoms with Gasteiger partial charge in [-0.15, -0.1) is 10.2 Å². The number of aromatic nitrogens is 4. The van der Waals surface area contributed by atoms with Crippen molar-refractivity contribution in [3.63, 3.8) is 0 Å². The highest BCUT2D eigenvalue weighted by Crippen LogP contribution is 2.28. The van der Waals surface area contributed by atoms with Crippen LogP contribution in [-0.4, -0.2) is 25.5 Å². The summed E-state index contributed by atoms with van der Waals surface area (Å²) in [6.07, 6.45) is 0.986. The minimum absolute atomic E-state index is 0.727. The van der Waals surface area contributed by atoms with E-state index in [1.807, 2.05) is 18.2 Å². The lowest BCUT2D eigenvalue weighted by atomic mass is 10.2. The summed E-state index contributed by atoms with van der Waals surface area (Å²) in [5.41, 5.74) is 5.47. The van der Waals surface area contributed by atoms with Crippen molar-refractivity contribution in [1.29, 1.82) is 0 Å². The van der Waals surface area contributed by atoms with Gasteiger partial charge in [-0.3, -0.25) is 0 Å². The second-order valence-electron chi connectivity index (χ2n) is 6.94. The summed E-state index contributed by atoms with van der Waals surface area (Å²) in [7, 11) is 0. The first-order valence-electron chi connectivity index (χ1n) is 9.71. The minimum atomic E-state index is 0.727. The van der Waals surface area contributed by atoms with Gasteiger partial charge < -0.3 is 4.57 Å². The monoisotopic (exact) mass is 396 g/mol. The Kier molecular flexibility index (Phi) is 4.97. The molecular formula is C24H20N4S. The zero-order valence-corrected chi connectivity index (χ0v) is 16.7. The second kappa shape index (κ2) is 8.05. The highest BCUT2D eigenvalue weighted by Gasteiger charge is 2.15. The topological polar surface area (TPSA) is 43.6 Å². The summed E-state index contributed by atoms with van der Waals surface area (Å²) in [5.74, 6) is 0.927. The number of hydrogen-bond acceptors (Lipinski definition) is 4. The molecule has 0 spiro atoms. The van der Waals surface area contributed by atoms with Gasteiger partial charge in [0.25, 0.3) is 0 Å². The normalized spacial score (nSPS) is 11.3. The molecule has 0 bridgehead atoms. The van der Waals surface area contributed by atoms with E-state index in [9.17, 15) is 0 Å². The maximum Gasteiger partial charge on any atom is 0.211 e. The van der Waals surface area contributed by atoms with Gasteiger partial charge in [-0.25, -0.2) is 4.98 Å². The van der Waals surface area contributed by atoms with Gasteiger partial charge in [0.15, 0.2) is 5.65 Å². The van der Waals surface area contributed by atoms with Crippen LogP contribution in [-0.2, 0) is 13.0 Å². The Morgan fingerprint density at radius 3 is 2.21 bits per heavy atom. The van der Waals surface area contributed by atoms with Crippen molar-refractivity contribution in [3.8, 4) is 0 Å². The molecule has 3 aromatic carbocycles. The fraction of sp³-hybridized carbons (Fsp3) is 0.125. The molecule has 0 radical (unpaired) electrons. The summed E-state index contributed by atoms with van der Waals surface area (Å²) in [6.45, 7) is 0.762. The van der Waals surface area contributed by atoms with Crippen LogP contribution in [0.25, 0.3) is 22.1 Å². The zero-order valence-electron chi connectivity index (χ0n) is 15.9. The van der Waals surface area contributed by atoms with Crippen LogP contribution in [0.1, 0.15) is 11.1 Å². The molecule has 2 aromatic heterocycles. The van der Waals surface area contributed by atoms with Crippen molar-refractivity contribution >= 4 is 33.8 Å². The molecule has 0 N–H and O–H groups in total. The van der Waals surface area contributed by atoms with Gasteiger partial charge in [0.2, 0.25) is 5.16 Å². The minimum Gasteiger partial charge on any atom is -0.319 e. The van der Waals surface area contributed by atoms with Crippen LogP contribution in [0.3, 0.4) is 0 Å². The van der Waals surface area contributed by atoms with Crippen LogP contribution >= 0.6 is 11.8 Å². The molecule has 0 unspecified atom stereocenters. The van der Waals surface area contributed by atoms with Gasteiger partial charge in [-0.1, -0.05) is 90.6 Å². The zero-order chi connectivity index (χ0) is 19.5. The van der Waals surface area contributed by atoms with Crippen molar-refractivity contribution in [1.82, 2.24) is 19.7 Å². The molecule has 0 saturated carbocycles. The van der Waals surface area contributed by atoms with Crippen molar-refractivity contribution < 1.29 is 0 Å². The third kappa shape index (κ3) is 3.74.